The van der Waals surface area contributed by atoms with Crippen LogP contribution in [0.15, 0.2) is 48.5 Å². The molecule has 2 aromatic rings. The molecule has 2 fully saturated rings. The van der Waals surface area contributed by atoms with Gasteiger partial charge >= 0.3 is 24.1 Å². The summed E-state index contributed by atoms with van der Waals surface area (Å²) in [7, 11) is 0. The van der Waals surface area contributed by atoms with Gasteiger partial charge < -0.3 is 18.9 Å². The Labute approximate surface area is 293 Å². The Morgan fingerprint density at radius 2 is 1.22 bits per heavy atom. The Kier molecular flexibility index (Phi) is 11.8. The highest BCUT2D eigenvalue weighted by Crippen LogP contribution is 2.28. The summed E-state index contributed by atoms with van der Waals surface area (Å²) in [5.74, 6) is -1.98. The minimum absolute atomic E-state index is 0.105. The molecule has 0 radical (unpaired) electrons. The first-order valence-electron chi connectivity index (χ1n) is 16.9. The van der Waals surface area contributed by atoms with Crippen LogP contribution in [0.2, 0.25) is 0 Å². The third-order valence-electron chi connectivity index (χ3n) is 8.41. The summed E-state index contributed by atoms with van der Waals surface area (Å²) in [4.78, 5) is 79.5. The fraction of sp³-hybridized carbons (Fsp3) is 0.526. The number of carbonyl (C=O) groups is 6. The molecule has 0 saturated carbocycles. The number of benzene rings is 2. The molecule has 50 heavy (non-hydrogen) atoms. The second-order valence-corrected chi connectivity index (χ2v) is 15.0. The quantitative estimate of drug-likeness (QED) is 0.168. The zero-order valence-corrected chi connectivity index (χ0v) is 30.1. The molecule has 0 aromatic heterocycles. The minimum Gasteiger partial charge on any atom is -0.456 e. The average Bonchev–Trinajstić information content (AvgIpc) is 3.63. The monoisotopic (exact) mass is 692 g/mol. The van der Waals surface area contributed by atoms with Crippen LogP contribution in [0.5, 0.6) is 0 Å². The number of ether oxygens (including phenoxy) is 4. The van der Waals surface area contributed by atoms with Crippen LogP contribution < -0.4 is 0 Å². The van der Waals surface area contributed by atoms with Crippen molar-refractivity contribution in [3.05, 3.63) is 59.7 Å². The van der Waals surface area contributed by atoms with Crippen LogP contribution >= 0.6 is 0 Å². The van der Waals surface area contributed by atoms with E-state index in [1.54, 1.807) is 90.1 Å². The Balaban J connectivity index is 1.28. The molecule has 2 unspecified atom stereocenters. The Morgan fingerprint density at radius 1 is 0.680 bits per heavy atom. The molecular formula is C38H48N2O10. The SMILES string of the molecule is CC1C[C@@H](C(=O)COC(=O)c2ccc(-c3ccc(C(=O)COC(=O)[C@@H]4CCC(C)N4C(=O)OC(C)(C)C)cc3)cc2)N(C(=O)OC(C)(C)C)C1. The van der Waals surface area contributed by atoms with E-state index < -0.39 is 66.4 Å². The summed E-state index contributed by atoms with van der Waals surface area (Å²) in [6.07, 6.45) is 0.352. The van der Waals surface area contributed by atoms with E-state index in [0.29, 0.717) is 31.4 Å². The summed E-state index contributed by atoms with van der Waals surface area (Å²) in [5.41, 5.74) is 0.731. The number of Topliss-reactive ketones (excluding diaryl/α,β-unsaturated/α-hetero) is 2. The number of rotatable bonds is 9. The third-order valence-corrected chi connectivity index (χ3v) is 8.41. The van der Waals surface area contributed by atoms with Gasteiger partial charge in [0.2, 0.25) is 0 Å². The van der Waals surface area contributed by atoms with Crippen LogP contribution in [-0.4, -0.2) is 94.6 Å². The Morgan fingerprint density at radius 3 is 1.78 bits per heavy atom. The highest BCUT2D eigenvalue weighted by molar-refractivity contribution is 5.99. The highest BCUT2D eigenvalue weighted by Gasteiger charge is 2.42. The lowest BCUT2D eigenvalue weighted by atomic mass is 10.0. The zero-order chi connectivity index (χ0) is 37.0. The number of hydrogen-bond acceptors (Lipinski definition) is 10. The van der Waals surface area contributed by atoms with Gasteiger partial charge in [-0.05, 0) is 96.9 Å². The number of carbonyl (C=O) groups excluding carboxylic acids is 6. The number of nitrogens with zero attached hydrogens (tertiary/aromatic N) is 2. The first-order chi connectivity index (χ1) is 23.3. The normalized spacial score (nSPS) is 20.6. The maximum absolute atomic E-state index is 13.0. The summed E-state index contributed by atoms with van der Waals surface area (Å²) in [5, 5.41) is 0. The summed E-state index contributed by atoms with van der Waals surface area (Å²) in [6, 6.07) is 11.6. The molecule has 12 nitrogen and oxygen atoms in total. The van der Waals surface area contributed by atoms with Gasteiger partial charge in [0.25, 0.3) is 0 Å². The van der Waals surface area contributed by atoms with Crippen molar-refractivity contribution in [1.29, 1.82) is 0 Å². The fourth-order valence-electron chi connectivity index (χ4n) is 5.99. The molecule has 2 amide bonds. The van der Waals surface area contributed by atoms with E-state index in [4.69, 9.17) is 18.9 Å². The second kappa shape index (κ2) is 15.4. The van der Waals surface area contributed by atoms with E-state index in [0.717, 1.165) is 11.1 Å². The van der Waals surface area contributed by atoms with Crippen molar-refractivity contribution in [2.45, 2.75) is 104 Å². The molecule has 2 aliphatic rings. The molecule has 270 valence electrons. The van der Waals surface area contributed by atoms with Crippen LogP contribution in [-0.2, 0) is 28.5 Å². The van der Waals surface area contributed by atoms with Gasteiger partial charge in [-0.1, -0.05) is 43.3 Å². The lowest BCUT2D eigenvalue weighted by molar-refractivity contribution is -0.148. The minimum atomic E-state index is -0.818. The number of ketones is 2. The van der Waals surface area contributed by atoms with Crippen molar-refractivity contribution < 1.29 is 47.7 Å². The maximum Gasteiger partial charge on any atom is 0.411 e. The summed E-state index contributed by atoms with van der Waals surface area (Å²) < 4.78 is 21.5. The number of amides is 2. The molecule has 2 aromatic carbocycles. The molecule has 4 atom stereocenters. The maximum atomic E-state index is 13.0. The number of likely N-dealkylation sites (tertiary alicyclic amines) is 2. The Bertz CT molecular complexity index is 1520. The molecule has 0 bridgehead atoms. The van der Waals surface area contributed by atoms with Crippen molar-refractivity contribution in [3.63, 3.8) is 0 Å². The number of hydrogen-bond donors (Lipinski definition) is 0. The van der Waals surface area contributed by atoms with Gasteiger partial charge in [0.05, 0.1) is 11.6 Å². The van der Waals surface area contributed by atoms with Crippen molar-refractivity contribution >= 4 is 35.7 Å². The van der Waals surface area contributed by atoms with E-state index in [2.05, 4.69) is 0 Å². The fourth-order valence-corrected chi connectivity index (χ4v) is 5.99. The van der Waals surface area contributed by atoms with Gasteiger partial charge in [-0.25, -0.2) is 19.2 Å². The van der Waals surface area contributed by atoms with Crippen molar-refractivity contribution in [1.82, 2.24) is 9.80 Å². The molecule has 2 aliphatic heterocycles. The topological polar surface area (TPSA) is 146 Å². The lowest BCUT2D eigenvalue weighted by Crippen LogP contribution is -2.47. The predicted octanol–water partition coefficient (Wildman–Crippen LogP) is 6.24. The molecule has 4 rings (SSSR count). The smallest absolute Gasteiger partial charge is 0.411 e. The predicted molar refractivity (Wildman–Crippen MR) is 184 cm³/mol. The third kappa shape index (κ3) is 9.92. The molecule has 0 aliphatic carbocycles. The van der Waals surface area contributed by atoms with E-state index in [1.807, 2.05) is 13.8 Å². The second-order valence-electron chi connectivity index (χ2n) is 15.0. The summed E-state index contributed by atoms with van der Waals surface area (Å²) >= 11 is 0. The molecule has 2 saturated heterocycles. The van der Waals surface area contributed by atoms with Crippen molar-refractivity contribution in [2.24, 2.45) is 5.92 Å². The molecule has 0 N–H and O–H groups in total. The van der Waals surface area contributed by atoms with Crippen molar-refractivity contribution in [3.8, 4) is 11.1 Å². The standard InChI is InChI=1S/C38H48N2O10/c1-23-19-30(39(20-23)35(45)49-37(3,4)5)32(42)22-47-33(43)28-16-12-26(13-17-28)25-10-14-27(15-11-25)31(41)21-48-34(44)29-18-9-24(2)40(29)36(46)50-38(6,7)8/h10-17,23-24,29-30H,9,18-22H2,1-8H3/t23?,24?,29-,30-/m0/s1. The van der Waals surface area contributed by atoms with E-state index >= 15 is 0 Å². The van der Waals surface area contributed by atoms with E-state index in [9.17, 15) is 28.8 Å². The lowest BCUT2D eigenvalue weighted by Gasteiger charge is -2.30. The van der Waals surface area contributed by atoms with E-state index in [-0.39, 0.29) is 23.3 Å². The van der Waals surface area contributed by atoms with Crippen LogP contribution in [0.25, 0.3) is 11.1 Å². The highest BCUT2D eigenvalue weighted by atomic mass is 16.6. The van der Waals surface area contributed by atoms with Crippen LogP contribution in [0.3, 0.4) is 0 Å². The molecule has 0 spiro atoms. The van der Waals surface area contributed by atoms with Gasteiger partial charge in [-0.15, -0.1) is 0 Å². The first-order valence-corrected chi connectivity index (χ1v) is 16.9. The van der Waals surface area contributed by atoms with Crippen LogP contribution in [0.4, 0.5) is 9.59 Å². The molecule has 12 heteroatoms. The molecule has 2 heterocycles. The van der Waals surface area contributed by atoms with Gasteiger partial charge in [-0.2, -0.15) is 0 Å². The van der Waals surface area contributed by atoms with Gasteiger partial charge in [0, 0.05) is 18.2 Å². The van der Waals surface area contributed by atoms with Gasteiger partial charge in [0.1, 0.15) is 17.2 Å². The first kappa shape index (κ1) is 38.1. The molecular weight excluding hydrogens is 644 g/mol. The summed E-state index contributed by atoms with van der Waals surface area (Å²) in [6.45, 7) is 13.8. The Hall–Kier alpha value is -4.74. The average molecular weight is 693 g/mol. The largest absolute Gasteiger partial charge is 0.456 e. The van der Waals surface area contributed by atoms with E-state index in [1.165, 1.54) is 9.80 Å². The van der Waals surface area contributed by atoms with Gasteiger partial charge in [-0.3, -0.25) is 19.4 Å². The van der Waals surface area contributed by atoms with Gasteiger partial charge in [0.15, 0.2) is 24.8 Å². The van der Waals surface area contributed by atoms with Crippen LogP contribution in [0, 0.1) is 5.92 Å². The van der Waals surface area contributed by atoms with Crippen LogP contribution in [0.1, 0.15) is 95.4 Å². The van der Waals surface area contributed by atoms with Crippen molar-refractivity contribution in [2.75, 3.05) is 19.8 Å². The number of esters is 2. The zero-order valence-electron chi connectivity index (χ0n) is 30.1.